The van der Waals surface area contributed by atoms with Gasteiger partial charge in [0, 0.05) is 24.5 Å². The first kappa shape index (κ1) is 16.8. The zero-order valence-electron chi connectivity index (χ0n) is 14.5. The van der Waals surface area contributed by atoms with Crippen LogP contribution in [0, 0.1) is 11.6 Å². The van der Waals surface area contributed by atoms with Gasteiger partial charge in [-0.05, 0) is 48.1 Å². The van der Waals surface area contributed by atoms with E-state index >= 15 is 0 Å². The Kier molecular flexibility index (Phi) is 3.65. The first-order valence-corrected chi connectivity index (χ1v) is 8.89. The summed E-state index contributed by atoms with van der Waals surface area (Å²) in [5, 5.41) is 9.27. The van der Waals surface area contributed by atoms with Crippen LogP contribution in [0.3, 0.4) is 0 Å². The molecule has 3 amide bonds. The van der Waals surface area contributed by atoms with Gasteiger partial charge in [-0.1, -0.05) is 0 Å². The van der Waals surface area contributed by atoms with E-state index in [-0.39, 0.29) is 18.4 Å². The molecule has 1 saturated heterocycles. The van der Waals surface area contributed by atoms with Crippen LogP contribution in [0.4, 0.5) is 13.6 Å². The average molecular weight is 383 g/mol. The van der Waals surface area contributed by atoms with Crippen LogP contribution in [-0.4, -0.2) is 33.1 Å². The molecule has 1 unspecified atom stereocenters. The Labute approximate surface area is 157 Å². The number of hydrogen-bond donors (Lipinski definition) is 2. The van der Waals surface area contributed by atoms with Gasteiger partial charge in [-0.15, -0.1) is 0 Å². The molecule has 2 aliphatic rings. The number of rotatable bonds is 3. The molecule has 1 saturated carbocycles. The molecule has 142 valence electrons. The summed E-state index contributed by atoms with van der Waals surface area (Å²) in [6, 6.07) is 4.72. The second-order valence-electron chi connectivity index (χ2n) is 7.09. The van der Waals surface area contributed by atoms with Gasteiger partial charge in [0.1, 0.15) is 11.6 Å². The fraction of sp³-hybridized carbons (Fsp3) is 0.263. The number of carbonyl (C=O) groups is 2. The van der Waals surface area contributed by atoms with Crippen molar-refractivity contribution < 1.29 is 18.4 Å². The lowest BCUT2D eigenvalue weighted by Gasteiger charge is -2.22. The fourth-order valence-corrected chi connectivity index (χ4v) is 3.86. The van der Waals surface area contributed by atoms with E-state index in [9.17, 15) is 18.4 Å². The van der Waals surface area contributed by atoms with Gasteiger partial charge in [-0.3, -0.25) is 10.1 Å². The standard InChI is InChI=1S/C19H15F2N5O2/c20-9-1-2-15(21)12(5-9)10-6-11(10)13-7-16(25-26-4-3-22-17(13)26)14-8-23-19(28)24-18(14)27/h1-5,7,10-11,14H,6,8H2,(H2,23,24,27,28)/t10-,11-,14?/m1/s1. The minimum Gasteiger partial charge on any atom is -0.337 e. The largest absolute Gasteiger partial charge is 0.337 e. The van der Waals surface area contributed by atoms with E-state index in [2.05, 4.69) is 20.7 Å². The Morgan fingerprint density at radius 3 is 2.75 bits per heavy atom. The maximum absolute atomic E-state index is 14.2. The molecule has 3 atom stereocenters. The summed E-state index contributed by atoms with van der Waals surface area (Å²) >= 11 is 0. The third-order valence-corrected chi connectivity index (χ3v) is 5.33. The van der Waals surface area contributed by atoms with Crippen LogP contribution in [0.2, 0.25) is 0 Å². The Morgan fingerprint density at radius 2 is 1.93 bits per heavy atom. The normalized spacial score (nSPS) is 24.1. The molecule has 7 nitrogen and oxygen atoms in total. The van der Waals surface area contributed by atoms with Gasteiger partial charge in [0.25, 0.3) is 0 Å². The lowest BCUT2D eigenvalue weighted by Crippen LogP contribution is -2.51. The molecule has 1 aromatic carbocycles. The zero-order valence-corrected chi connectivity index (χ0v) is 14.5. The predicted octanol–water partition coefficient (Wildman–Crippen LogP) is 2.20. The van der Waals surface area contributed by atoms with Gasteiger partial charge < -0.3 is 5.32 Å². The minimum atomic E-state index is -0.633. The Balaban J connectivity index is 1.53. The van der Waals surface area contributed by atoms with E-state index in [0.717, 1.165) is 17.7 Å². The van der Waals surface area contributed by atoms with Crippen molar-refractivity contribution in [2.45, 2.75) is 24.2 Å². The summed E-state index contributed by atoms with van der Waals surface area (Å²) < 4.78 is 29.3. The maximum atomic E-state index is 14.2. The van der Waals surface area contributed by atoms with Crippen molar-refractivity contribution in [3.8, 4) is 0 Å². The first-order chi connectivity index (χ1) is 13.5. The van der Waals surface area contributed by atoms with Crippen molar-refractivity contribution >= 4 is 17.6 Å². The van der Waals surface area contributed by atoms with Crippen LogP contribution >= 0.6 is 0 Å². The highest BCUT2D eigenvalue weighted by atomic mass is 19.1. The lowest BCUT2D eigenvalue weighted by molar-refractivity contribution is -0.122. The van der Waals surface area contributed by atoms with E-state index in [0.29, 0.717) is 23.3 Å². The molecule has 3 heterocycles. The molecular weight excluding hydrogens is 368 g/mol. The van der Waals surface area contributed by atoms with Crippen molar-refractivity contribution in [2.75, 3.05) is 6.54 Å². The van der Waals surface area contributed by atoms with Crippen LogP contribution in [-0.2, 0) is 4.79 Å². The van der Waals surface area contributed by atoms with Crippen molar-refractivity contribution in [3.05, 3.63) is 65.1 Å². The van der Waals surface area contributed by atoms with Crippen molar-refractivity contribution in [1.82, 2.24) is 25.2 Å². The number of amides is 3. The highest BCUT2D eigenvalue weighted by molar-refractivity contribution is 6.00. The summed E-state index contributed by atoms with van der Waals surface area (Å²) in [7, 11) is 0. The van der Waals surface area contributed by atoms with Crippen LogP contribution in [0.15, 0.2) is 36.7 Å². The number of halogens is 2. The number of aromatic nitrogens is 3. The molecule has 0 radical (unpaired) electrons. The number of imide groups is 1. The van der Waals surface area contributed by atoms with Gasteiger partial charge >= 0.3 is 6.03 Å². The van der Waals surface area contributed by atoms with Crippen LogP contribution in [0.1, 0.15) is 41.0 Å². The molecule has 0 bridgehead atoms. The molecule has 28 heavy (non-hydrogen) atoms. The van der Waals surface area contributed by atoms with Crippen molar-refractivity contribution in [1.29, 1.82) is 0 Å². The van der Waals surface area contributed by atoms with Gasteiger partial charge in [-0.25, -0.2) is 23.1 Å². The summed E-state index contributed by atoms with van der Waals surface area (Å²) in [4.78, 5) is 27.9. The number of benzene rings is 1. The summed E-state index contributed by atoms with van der Waals surface area (Å²) in [5.41, 5.74) is 2.28. The topological polar surface area (TPSA) is 88.4 Å². The second-order valence-corrected chi connectivity index (χ2v) is 7.09. The van der Waals surface area contributed by atoms with Gasteiger partial charge in [0.05, 0.1) is 11.6 Å². The molecule has 0 spiro atoms. The average Bonchev–Trinajstić information content (AvgIpc) is 3.31. The van der Waals surface area contributed by atoms with Gasteiger partial charge in [0.2, 0.25) is 5.91 Å². The number of nitrogens with zero attached hydrogens (tertiary/aromatic N) is 3. The molecule has 9 heteroatoms. The minimum absolute atomic E-state index is 0.0517. The fourth-order valence-electron chi connectivity index (χ4n) is 3.86. The van der Waals surface area contributed by atoms with E-state index in [4.69, 9.17) is 0 Å². The molecule has 2 N–H and O–H groups in total. The van der Waals surface area contributed by atoms with Gasteiger partial charge in [-0.2, -0.15) is 5.10 Å². The molecule has 2 fully saturated rings. The third kappa shape index (κ3) is 2.70. The second kappa shape index (κ2) is 6.08. The SMILES string of the molecule is O=C1NCC(c2cc([C@@H]3C[C@H]3c3cc(F)ccc3F)c3nccn3n2)C(=O)N1. The molecule has 1 aliphatic carbocycles. The summed E-state index contributed by atoms with van der Waals surface area (Å²) in [5.74, 6) is -2.18. The first-order valence-electron chi connectivity index (χ1n) is 8.89. The quantitative estimate of drug-likeness (QED) is 0.726. The number of nitrogens with one attached hydrogen (secondary N) is 2. The van der Waals surface area contributed by atoms with E-state index < -0.39 is 29.5 Å². The Hall–Kier alpha value is -3.36. The van der Waals surface area contributed by atoms with Crippen LogP contribution in [0.25, 0.3) is 5.65 Å². The Bertz CT molecular complexity index is 1130. The molecule has 1 aliphatic heterocycles. The van der Waals surface area contributed by atoms with E-state index in [1.165, 1.54) is 6.07 Å². The summed E-state index contributed by atoms with van der Waals surface area (Å²) in [6.07, 6.45) is 3.92. The molecule has 5 rings (SSSR count). The highest BCUT2D eigenvalue weighted by Crippen LogP contribution is 2.56. The highest BCUT2D eigenvalue weighted by Gasteiger charge is 2.43. The number of fused-ring (bicyclic) bond motifs is 1. The molecule has 2 aromatic heterocycles. The number of carbonyl (C=O) groups excluding carboxylic acids is 2. The number of hydrogen-bond acceptors (Lipinski definition) is 4. The van der Waals surface area contributed by atoms with E-state index in [1.54, 1.807) is 23.0 Å². The van der Waals surface area contributed by atoms with E-state index in [1.807, 2.05) is 0 Å². The van der Waals surface area contributed by atoms with Crippen LogP contribution < -0.4 is 10.6 Å². The lowest BCUT2D eigenvalue weighted by atomic mass is 9.99. The summed E-state index contributed by atoms with van der Waals surface area (Å²) in [6.45, 7) is 0.143. The van der Waals surface area contributed by atoms with Crippen LogP contribution in [0.5, 0.6) is 0 Å². The molecular formula is C19H15F2N5O2. The monoisotopic (exact) mass is 383 g/mol. The zero-order chi connectivity index (χ0) is 19.4. The smallest absolute Gasteiger partial charge is 0.321 e. The number of urea groups is 1. The molecule has 3 aromatic rings. The van der Waals surface area contributed by atoms with Crippen molar-refractivity contribution in [3.63, 3.8) is 0 Å². The van der Waals surface area contributed by atoms with Gasteiger partial charge in [0.15, 0.2) is 5.65 Å². The predicted molar refractivity (Wildman–Crippen MR) is 93.7 cm³/mol. The maximum Gasteiger partial charge on any atom is 0.321 e. The number of imidazole rings is 1. The van der Waals surface area contributed by atoms with Crippen molar-refractivity contribution in [2.24, 2.45) is 0 Å². The third-order valence-electron chi connectivity index (χ3n) is 5.33. The Morgan fingerprint density at radius 1 is 1.11 bits per heavy atom.